The van der Waals surface area contributed by atoms with E-state index in [4.69, 9.17) is 18.9 Å². The maximum atomic E-state index is 14.8. The van der Waals surface area contributed by atoms with Gasteiger partial charge in [-0.3, -0.25) is 0 Å². The first-order chi connectivity index (χ1) is 46.2. The Bertz CT molecular complexity index is 3820. The summed E-state index contributed by atoms with van der Waals surface area (Å²) in [4.78, 5) is 29.6. The van der Waals surface area contributed by atoms with Crippen molar-refractivity contribution in [2.24, 2.45) is 11.8 Å². The number of esters is 2. The molecule has 0 aliphatic heterocycles. The molecule has 0 spiro atoms. The summed E-state index contributed by atoms with van der Waals surface area (Å²) in [5.74, 6) is 4.31. The van der Waals surface area contributed by atoms with Crippen LogP contribution < -0.4 is 18.9 Å². The second-order valence-electron chi connectivity index (χ2n) is 26.8. The number of hydrogen-bond donors (Lipinski definition) is 0. The Hall–Kier alpha value is -8.74. The standard InChI is InChI=1S/C88H94O6/c1-5-9-11-13-57-91-79-49-41-69(42-50-79)67-33-37-73(38-34-67)87(89)93-83-55-47-77-59-75(71-29-25-65(26-30-71)63-21-17-61(15-7-3)18-22-63)45-53-81(77)85(83)86-82-54-46-76(72-31-27-66(28-32-72)64-23-19-62(16-8-4)20-24-64)60-78(82)48-56-84(86)94-88(90)74-39-35-68(36-40-74)70-43-51-80(52-44-70)92-58-14-12-10-6-2/h25-56,59-64H,5-24,57-58H2,1-4H3/t61-,62-,63-,64-. The summed E-state index contributed by atoms with van der Waals surface area (Å²) < 4.78 is 25.4. The molecule has 2 saturated carbocycles. The highest BCUT2D eigenvalue weighted by atomic mass is 16.5. The lowest BCUT2D eigenvalue weighted by atomic mass is 9.77. The van der Waals surface area contributed by atoms with Crippen molar-refractivity contribution in [1.29, 1.82) is 0 Å². The van der Waals surface area contributed by atoms with Crippen LogP contribution in [0, 0.1) is 11.8 Å². The maximum absolute atomic E-state index is 14.8. The number of rotatable bonds is 27. The van der Waals surface area contributed by atoms with E-state index in [0.29, 0.717) is 58.8 Å². The molecule has 94 heavy (non-hydrogen) atoms. The van der Waals surface area contributed by atoms with Crippen molar-refractivity contribution < 1.29 is 28.5 Å². The van der Waals surface area contributed by atoms with Gasteiger partial charge in [0.25, 0.3) is 0 Å². The van der Waals surface area contributed by atoms with E-state index in [9.17, 15) is 9.59 Å². The van der Waals surface area contributed by atoms with E-state index >= 15 is 0 Å². The molecule has 2 fully saturated rings. The highest BCUT2D eigenvalue weighted by Crippen LogP contribution is 2.48. The van der Waals surface area contributed by atoms with Gasteiger partial charge in [-0.25, -0.2) is 9.59 Å². The minimum absolute atomic E-state index is 0.350. The van der Waals surface area contributed by atoms with Crippen LogP contribution in [0.15, 0.2) is 206 Å². The van der Waals surface area contributed by atoms with E-state index in [-0.39, 0.29) is 0 Å². The Kier molecular flexibility index (Phi) is 22.2. The van der Waals surface area contributed by atoms with Crippen molar-refractivity contribution in [2.45, 2.75) is 168 Å². The Balaban J connectivity index is 0.899. The molecule has 0 radical (unpaired) electrons. The van der Waals surface area contributed by atoms with Crippen LogP contribution in [0.25, 0.3) is 77.2 Å². The van der Waals surface area contributed by atoms with Crippen LogP contribution in [0.2, 0.25) is 0 Å². The van der Waals surface area contributed by atoms with Crippen molar-refractivity contribution >= 4 is 33.5 Å². The molecule has 0 heterocycles. The number of fused-ring (bicyclic) bond motifs is 2. The Morgan fingerprint density at radius 1 is 0.330 bits per heavy atom. The molecule has 0 unspecified atom stereocenters. The molecule has 2 aliphatic rings. The molecule has 2 aliphatic carbocycles. The molecular formula is C88H94O6. The third-order valence-electron chi connectivity index (χ3n) is 20.3. The van der Waals surface area contributed by atoms with Gasteiger partial charge in [0.05, 0.1) is 24.3 Å². The Labute approximate surface area is 559 Å². The third-order valence-corrected chi connectivity index (χ3v) is 20.3. The SMILES string of the molecule is CCCCCCOc1ccc(-c2ccc(C(=O)Oc3ccc4cc(-c5ccc([C@H]6CC[C@H](CCC)CC6)cc5)ccc4c3-c3c(OC(=O)c4ccc(-c5ccc(OCCCCCC)cc5)cc4)ccc4cc(-c5ccc([C@H]6CC[C@H](CCC)CC6)cc5)ccc34)cc2)cc1. The zero-order valence-corrected chi connectivity index (χ0v) is 55.9. The van der Waals surface area contributed by atoms with E-state index in [0.717, 1.165) is 102 Å². The first kappa shape index (κ1) is 65.3. The minimum atomic E-state index is -0.502. The normalized spacial score (nSPS) is 16.4. The molecule has 6 heteroatoms. The monoisotopic (exact) mass is 1250 g/mol. The number of unbranched alkanes of at least 4 members (excludes halogenated alkanes) is 6. The average Bonchev–Trinajstić information content (AvgIpc) is 0.750. The second kappa shape index (κ2) is 31.9. The molecule has 12 rings (SSSR count). The summed E-state index contributed by atoms with van der Waals surface area (Å²) in [6, 6.07) is 70.8. The van der Waals surface area contributed by atoms with E-state index < -0.39 is 11.9 Å². The topological polar surface area (TPSA) is 71.1 Å². The molecule has 482 valence electrons. The number of ether oxygens (including phenoxy) is 4. The molecule has 0 saturated heterocycles. The van der Waals surface area contributed by atoms with Gasteiger partial charge in [0.2, 0.25) is 0 Å². The molecule has 0 atom stereocenters. The van der Waals surface area contributed by atoms with Crippen LogP contribution in [-0.2, 0) is 0 Å². The first-order valence-electron chi connectivity index (χ1n) is 35.7. The minimum Gasteiger partial charge on any atom is -0.494 e. The van der Waals surface area contributed by atoms with Gasteiger partial charge in [-0.2, -0.15) is 0 Å². The lowest BCUT2D eigenvalue weighted by Crippen LogP contribution is -2.13. The highest BCUT2D eigenvalue weighted by molar-refractivity contribution is 6.12. The van der Waals surface area contributed by atoms with Gasteiger partial charge in [-0.15, -0.1) is 0 Å². The first-order valence-corrected chi connectivity index (χ1v) is 35.7. The lowest BCUT2D eigenvalue weighted by molar-refractivity contribution is 0.0723. The molecule has 0 amide bonds. The van der Waals surface area contributed by atoms with Crippen molar-refractivity contribution in [3.8, 4) is 78.6 Å². The molecule has 10 aromatic carbocycles. The van der Waals surface area contributed by atoms with Crippen LogP contribution in [0.5, 0.6) is 23.0 Å². The van der Waals surface area contributed by atoms with E-state index in [1.165, 1.54) is 127 Å². The zero-order valence-electron chi connectivity index (χ0n) is 55.9. The molecular weight excluding hydrogens is 1150 g/mol. The average molecular weight is 1250 g/mol. The molecule has 10 aromatic rings. The number of hydrogen-bond acceptors (Lipinski definition) is 6. The third kappa shape index (κ3) is 16.1. The lowest BCUT2D eigenvalue weighted by Gasteiger charge is -2.28. The highest BCUT2D eigenvalue weighted by Gasteiger charge is 2.27. The van der Waals surface area contributed by atoms with E-state index in [1.54, 1.807) is 0 Å². The quantitative estimate of drug-likeness (QED) is 0.0290. The number of carbonyl (C=O) groups is 2. The van der Waals surface area contributed by atoms with Crippen molar-refractivity contribution in [3.05, 3.63) is 229 Å². The van der Waals surface area contributed by atoms with Gasteiger partial charge in [0.1, 0.15) is 23.0 Å². The van der Waals surface area contributed by atoms with Gasteiger partial charge in [0, 0.05) is 11.1 Å². The smallest absolute Gasteiger partial charge is 0.343 e. The van der Waals surface area contributed by atoms with Gasteiger partial charge in [0.15, 0.2) is 0 Å². The molecule has 0 N–H and O–H groups in total. The molecule has 0 aromatic heterocycles. The van der Waals surface area contributed by atoms with Crippen LogP contribution in [0.1, 0.15) is 200 Å². The largest absolute Gasteiger partial charge is 0.494 e. The fourth-order valence-corrected chi connectivity index (χ4v) is 14.8. The Morgan fingerprint density at radius 3 is 1.01 bits per heavy atom. The molecule has 0 bridgehead atoms. The summed E-state index contributed by atoms with van der Waals surface area (Å²) in [6.45, 7) is 10.5. The van der Waals surface area contributed by atoms with Crippen LogP contribution in [0.3, 0.4) is 0 Å². The molecule has 6 nitrogen and oxygen atoms in total. The summed E-state index contributed by atoms with van der Waals surface area (Å²) in [5, 5.41) is 3.61. The van der Waals surface area contributed by atoms with Gasteiger partial charge < -0.3 is 18.9 Å². The van der Waals surface area contributed by atoms with E-state index in [2.05, 4.69) is 137 Å². The fraction of sp³-hybridized carbons (Fsp3) is 0.341. The summed E-state index contributed by atoms with van der Waals surface area (Å²) in [5.41, 5.74) is 13.4. The van der Waals surface area contributed by atoms with Gasteiger partial charge in [-0.05, 0) is 238 Å². The summed E-state index contributed by atoms with van der Waals surface area (Å²) in [7, 11) is 0. The summed E-state index contributed by atoms with van der Waals surface area (Å²) >= 11 is 0. The van der Waals surface area contributed by atoms with Gasteiger partial charge >= 0.3 is 11.9 Å². The summed E-state index contributed by atoms with van der Waals surface area (Å²) in [6.07, 6.45) is 24.7. The van der Waals surface area contributed by atoms with Crippen LogP contribution in [-0.4, -0.2) is 25.2 Å². The van der Waals surface area contributed by atoms with Crippen molar-refractivity contribution in [3.63, 3.8) is 0 Å². The number of carbonyl (C=O) groups excluding carboxylic acids is 2. The van der Waals surface area contributed by atoms with E-state index in [1.807, 2.05) is 97.1 Å². The van der Waals surface area contributed by atoms with Gasteiger partial charge in [-0.1, -0.05) is 225 Å². The van der Waals surface area contributed by atoms with Crippen LogP contribution in [0.4, 0.5) is 0 Å². The zero-order chi connectivity index (χ0) is 64.6. The number of benzene rings is 10. The predicted octanol–water partition coefficient (Wildman–Crippen LogP) is 24.8. The second-order valence-corrected chi connectivity index (χ2v) is 26.8. The fourth-order valence-electron chi connectivity index (χ4n) is 14.8. The Morgan fingerprint density at radius 2 is 0.660 bits per heavy atom. The maximum Gasteiger partial charge on any atom is 0.343 e. The van der Waals surface area contributed by atoms with Crippen LogP contribution >= 0.6 is 0 Å². The predicted molar refractivity (Wildman–Crippen MR) is 390 cm³/mol. The van der Waals surface area contributed by atoms with Crippen molar-refractivity contribution in [2.75, 3.05) is 13.2 Å². The van der Waals surface area contributed by atoms with Crippen molar-refractivity contribution in [1.82, 2.24) is 0 Å².